The summed E-state index contributed by atoms with van der Waals surface area (Å²) in [5.41, 5.74) is 33.6. The first-order chi connectivity index (χ1) is 72.9. The molecule has 0 bridgehead atoms. The van der Waals surface area contributed by atoms with Crippen molar-refractivity contribution in [2.24, 2.45) is 0 Å². The Morgan fingerprint density at radius 1 is 0.353 bits per heavy atom. The van der Waals surface area contributed by atoms with Crippen LogP contribution in [0.3, 0.4) is 0 Å². The molecule has 150 heavy (non-hydrogen) atoms. The molecule has 0 aliphatic carbocycles. The molecule has 0 unspecified atom stereocenters. The molecule has 0 radical (unpaired) electrons. The van der Waals surface area contributed by atoms with Crippen LogP contribution >= 0.6 is 79.3 Å². The van der Waals surface area contributed by atoms with Gasteiger partial charge >= 0.3 is 17.9 Å². The second-order valence-electron chi connectivity index (χ2n) is 33.3. The summed E-state index contributed by atoms with van der Waals surface area (Å²) >= 11 is 9.78. The second-order valence-corrected chi connectivity index (χ2v) is 38.8. The number of amides is 5. The van der Waals surface area contributed by atoms with E-state index in [9.17, 15) is 28.4 Å². The maximum Gasteiger partial charge on any atom is 0.337 e. The number of esters is 1. The number of nitrogen functional groups attached to an aromatic ring is 1. The van der Waals surface area contributed by atoms with Gasteiger partial charge in [0.2, 0.25) is 0 Å². The van der Waals surface area contributed by atoms with Crippen molar-refractivity contribution < 1.29 is 33.1 Å². The third-order valence-corrected chi connectivity index (χ3v) is 27.1. The molecule has 10 aromatic heterocycles. The van der Waals surface area contributed by atoms with Gasteiger partial charge < -0.3 is 69.0 Å². The third-order valence-electron chi connectivity index (χ3n) is 22.4. The summed E-state index contributed by atoms with van der Waals surface area (Å²) in [4.78, 5) is 105. The normalized spacial score (nSPS) is 10.4. The number of nitrogens with two attached hydrogens (primary N) is 1. The van der Waals surface area contributed by atoms with E-state index < -0.39 is 6.03 Å². The highest BCUT2D eigenvalue weighted by Gasteiger charge is 2.19. The average molecular weight is 2190 g/mol. The van der Waals surface area contributed by atoms with Gasteiger partial charge in [-0.25, -0.2) is 38.9 Å². The van der Waals surface area contributed by atoms with Crippen molar-refractivity contribution in [1.29, 1.82) is 0 Å². The number of aromatic nitrogens is 10. The Bertz CT molecular complexity index is 8130. The number of carbonyl (C=O) groups is 5. The lowest BCUT2D eigenvalue weighted by Gasteiger charge is -2.12. The molecule has 35 heteroatoms. The number of thiazole rings is 5. The number of hydrogen-bond donors (Lipinski definition) is 12. The number of halogens is 2. The van der Waals surface area contributed by atoms with Crippen molar-refractivity contribution in [3.63, 3.8) is 0 Å². The van der Waals surface area contributed by atoms with Crippen LogP contribution in [-0.4, -0.2) is 86.7 Å². The van der Waals surface area contributed by atoms with Crippen LogP contribution in [0.5, 0.6) is 0 Å². The molecule has 0 saturated heterocycles. The maximum atomic E-state index is 13.4. The number of aryl methyl sites for hydroxylation is 6. The smallest absolute Gasteiger partial charge is 0.337 e. The topological polar surface area (TPSA) is 382 Å². The van der Waals surface area contributed by atoms with E-state index in [2.05, 4.69) is 162 Å². The predicted octanol–water partition coefficient (Wildman–Crippen LogP) is 28.5. The maximum absolute atomic E-state index is 13.4. The number of carbonyl (C=O) groups excluding carboxylic acids is 5. The summed E-state index contributed by atoms with van der Waals surface area (Å²) in [6, 6.07) is 83.5. The zero-order valence-electron chi connectivity index (χ0n) is 81.6. The number of methoxy groups -OCH3 is 1. The van der Waals surface area contributed by atoms with Crippen LogP contribution in [0.15, 0.2) is 362 Å². The summed E-state index contributed by atoms with van der Waals surface area (Å²) in [6.45, 7) is 12.4. The van der Waals surface area contributed by atoms with E-state index in [1.807, 2.05) is 267 Å². The van der Waals surface area contributed by atoms with E-state index in [-0.39, 0.29) is 29.5 Å². The highest BCUT2D eigenvalue weighted by molar-refractivity contribution is 14.1. The van der Waals surface area contributed by atoms with E-state index in [0.717, 1.165) is 164 Å². The number of nitrogens with one attached hydrogen (secondary N) is 11. The molecular formula is C115H96FIN22O6S5. The molecule has 28 nitrogen and oxygen atoms in total. The number of anilines is 17. The van der Waals surface area contributed by atoms with Crippen LogP contribution in [0.25, 0.3) is 56.3 Å². The fourth-order valence-corrected chi connectivity index (χ4v) is 18.6. The summed E-state index contributed by atoms with van der Waals surface area (Å²) in [6.07, 6.45) is 17.7. The number of urea groups is 1. The van der Waals surface area contributed by atoms with E-state index in [1.165, 1.54) is 64.6 Å². The molecule has 0 aliphatic heterocycles. The van der Waals surface area contributed by atoms with E-state index in [0.29, 0.717) is 57.2 Å². The fraction of sp³-hybridized carbons (Fsp3) is 0.0696. The molecule has 0 saturated carbocycles. The van der Waals surface area contributed by atoms with Crippen LogP contribution in [0.1, 0.15) is 75.6 Å². The molecule has 0 spiro atoms. The van der Waals surface area contributed by atoms with Crippen LogP contribution in [0.2, 0.25) is 0 Å². The van der Waals surface area contributed by atoms with Gasteiger partial charge in [0.15, 0.2) is 25.7 Å². The Morgan fingerprint density at radius 3 is 1.07 bits per heavy atom. The summed E-state index contributed by atoms with van der Waals surface area (Å²) < 4.78 is 19.1. The first kappa shape index (κ1) is 105. The van der Waals surface area contributed by atoms with Crippen molar-refractivity contribution in [3.05, 3.63) is 432 Å². The van der Waals surface area contributed by atoms with Gasteiger partial charge in [-0.15, -0.1) is 56.7 Å². The number of hydrogen-bond acceptors (Lipinski definition) is 28. The number of benzene rings is 10. The van der Waals surface area contributed by atoms with Gasteiger partial charge in [0, 0.05) is 212 Å². The molecule has 746 valence electrons. The number of nitrogens with zero attached hydrogens (tertiary/aromatic N) is 10. The van der Waals surface area contributed by atoms with Gasteiger partial charge in [-0.3, -0.25) is 39.3 Å². The van der Waals surface area contributed by atoms with Crippen LogP contribution in [0.4, 0.5) is 103 Å². The monoisotopic (exact) mass is 2190 g/mol. The minimum Gasteiger partial charge on any atom is -0.465 e. The van der Waals surface area contributed by atoms with Crippen LogP contribution in [-0.2, 0) is 16.1 Å². The van der Waals surface area contributed by atoms with E-state index in [1.54, 1.807) is 116 Å². The molecule has 10 aromatic carbocycles. The predicted molar refractivity (Wildman–Crippen MR) is 616 cm³/mol. The zero-order valence-corrected chi connectivity index (χ0v) is 87.9. The first-order valence-electron chi connectivity index (χ1n) is 46.5. The van der Waals surface area contributed by atoms with Gasteiger partial charge in [-0.2, -0.15) is 0 Å². The number of ether oxygens (including phenoxy) is 1. The minimum absolute atomic E-state index is 0.127. The van der Waals surface area contributed by atoms with E-state index >= 15 is 0 Å². The van der Waals surface area contributed by atoms with Crippen molar-refractivity contribution in [2.75, 3.05) is 71.3 Å². The van der Waals surface area contributed by atoms with Crippen molar-refractivity contribution in [1.82, 2.24) is 49.8 Å². The number of rotatable bonds is 26. The number of pyridine rings is 5. The van der Waals surface area contributed by atoms with Crippen molar-refractivity contribution >= 4 is 203 Å². The first-order valence-corrected chi connectivity index (χ1v) is 52.0. The standard InChI is InChI=1S/C24H22N4O2S.C24H18N4OS.C23H20FN5OS.C22H17IN4OS.C22H19N5OS/c1-16-5-10-20(26-13-17-6-8-18(9-7-17)23(29)30-2)12-21(16)27-24-28-22(15-31-24)19-4-3-11-25-14-19;1-17-9-11-20(26-23(29)12-10-18-6-3-2-4-7-18)14-21(17)27-24-28-22(16-30-24)19-8-5-13-25-15-19;1-14-5-6-18(27-22(30)26-17-7-8-19(24)15(2)10-17)11-20(14)28-23-29-21(13-31-23)16-4-3-9-25-12-16;1-14-8-9-16(25-21(28)17-6-2-3-7-18(17)23)11-19(14)26-22-27-20(13-29-22)15-5-4-10-24-12-15;1-14-4-9-18(25-21(28)15-5-7-17(23)8-6-15)11-19(14)26-22-27-20(13-29-22)16-3-2-10-24-12-16/h3-12,14-15,26H,13H2,1-2H3,(H,27,28);2-9,11,13-16H,1H3,(H,26,29)(H,27,28);3-13H,1-2H3,(H,28,29)(H2,26,27,30);2-13H,1H3,(H,25,28)(H,26,27);2-13H,23H2,1H3,(H,25,28)(H,26,27). The largest absolute Gasteiger partial charge is 0.465 e. The summed E-state index contributed by atoms with van der Waals surface area (Å²) in [5, 5.41) is 48.3. The molecule has 0 fully saturated rings. The Kier molecular flexibility index (Phi) is 36.2. The Labute approximate surface area is 898 Å². The van der Waals surface area contributed by atoms with Gasteiger partial charge in [-0.1, -0.05) is 78.7 Å². The highest BCUT2D eigenvalue weighted by atomic mass is 127. The molecular weight excluding hydrogens is 2090 g/mol. The van der Waals surface area contributed by atoms with E-state index in [4.69, 9.17) is 10.5 Å². The van der Waals surface area contributed by atoms with Crippen molar-refractivity contribution in [2.45, 2.75) is 48.1 Å². The summed E-state index contributed by atoms with van der Waals surface area (Å²) in [5.74, 6) is 4.16. The molecule has 0 aliphatic rings. The van der Waals surface area contributed by atoms with Gasteiger partial charge in [-0.05, 0) is 303 Å². The van der Waals surface area contributed by atoms with Gasteiger partial charge in [0.1, 0.15) is 5.82 Å². The molecule has 20 aromatic rings. The van der Waals surface area contributed by atoms with Gasteiger partial charge in [0.25, 0.3) is 11.8 Å². The molecule has 0 atom stereocenters. The minimum atomic E-state index is -0.408. The van der Waals surface area contributed by atoms with Crippen LogP contribution in [0, 0.1) is 62.8 Å². The average Bonchev–Trinajstić information content (AvgIpc) is 1.62. The summed E-state index contributed by atoms with van der Waals surface area (Å²) in [7, 11) is 1.38. The van der Waals surface area contributed by atoms with Crippen LogP contribution < -0.4 is 64.2 Å². The lowest BCUT2D eigenvalue weighted by atomic mass is 10.1. The molecule has 5 amide bonds. The highest BCUT2D eigenvalue weighted by Crippen LogP contribution is 2.38. The molecule has 13 N–H and O–H groups in total. The second kappa shape index (κ2) is 51.7. The van der Waals surface area contributed by atoms with Crippen molar-refractivity contribution in [3.8, 4) is 68.1 Å². The zero-order chi connectivity index (χ0) is 105. The van der Waals surface area contributed by atoms with Gasteiger partial charge in [0.05, 0.1) is 46.7 Å². The SMILES string of the molecule is COC(=O)c1ccc(CNc2ccc(C)c(Nc3nc(-c4cccnc4)cs3)c2)cc1.Cc1cc(NC(=O)Nc2ccc(C)c(Nc3nc(-c4cccnc4)cs3)c2)ccc1F.Cc1ccc(NC(=O)C#Cc2ccccc2)cc1Nc1nc(-c2cccnc2)cs1.Cc1ccc(NC(=O)c2ccc(N)cc2)cc1Nc1nc(-c2cccnc2)cs1.Cc1ccc(NC(=O)c2ccccc2I)cc1Nc1nc(-c2cccnc2)cs1. The molecule has 20 rings (SSSR count). The lowest BCUT2D eigenvalue weighted by Crippen LogP contribution is -2.19. The lowest BCUT2D eigenvalue weighted by molar-refractivity contribution is -0.111. The Balaban J connectivity index is 0.000000133. The Hall–Kier alpha value is -17.9. The Morgan fingerprint density at radius 2 is 0.693 bits per heavy atom. The molecule has 10 heterocycles. The third kappa shape index (κ3) is 30.2. The fourth-order valence-electron chi connectivity index (χ4n) is 14.3. The quantitative estimate of drug-likeness (QED) is 0.0104.